The van der Waals surface area contributed by atoms with E-state index in [2.05, 4.69) is 5.10 Å². The van der Waals surface area contributed by atoms with Crippen LogP contribution in [0.1, 0.15) is 33.3 Å². The second kappa shape index (κ2) is 7.77. The lowest BCUT2D eigenvalue weighted by molar-refractivity contribution is 0.0693. The Balaban J connectivity index is 2.23. The van der Waals surface area contributed by atoms with E-state index in [9.17, 15) is 23.9 Å². The Kier molecular flexibility index (Phi) is 5.41. The van der Waals surface area contributed by atoms with Crippen LogP contribution in [0, 0.1) is 12.7 Å². The molecule has 0 fully saturated rings. The molecular weight excluding hydrogens is 383 g/mol. The Morgan fingerprint density at radius 3 is 2.36 bits per heavy atom. The second-order valence-corrected chi connectivity index (χ2v) is 7.01. The van der Waals surface area contributed by atoms with E-state index >= 15 is 0 Å². The number of carboxylic acid groups (broad SMARTS) is 1. The number of carboxylic acids is 1. The topological polar surface area (TPSA) is 89.3 Å². The first-order valence-corrected chi connectivity index (χ1v) is 9.02. The van der Waals surface area contributed by atoms with Crippen molar-refractivity contribution < 1.29 is 19.1 Å². The number of nitrogens with zero attached hydrogens (tertiary/aromatic N) is 2. The minimum absolute atomic E-state index is 0.0424. The molecule has 0 aliphatic heterocycles. The largest absolute Gasteiger partial charge is 0.478 e. The molecule has 1 N–H and O–H groups in total. The van der Waals surface area contributed by atoms with Gasteiger partial charge >= 0.3 is 5.97 Å². The molecule has 142 valence electrons. The number of hydrogen-bond donors (Lipinski definition) is 1. The van der Waals surface area contributed by atoms with Gasteiger partial charge in [0, 0.05) is 11.8 Å². The summed E-state index contributed by atoms with van der Waals surface area (Å²) in [6.07, 6.45) is 0. The Hall–Kier alpha value is -3.26. The third-order valence-electron chi connectivity index (χ3n) is 4.02. The zero-order valence-corrected chi connectivity index (χ0v) is 15.8. The summed E-state index contributed by atoms with van der Waals surface area (Å²) in [4.78, 5) is 37.1. The van der Waals surface area contributed by atoms with Crippen molar-refractivity contribution >= 4 is 23.5 Å². The Labute approximate surface area is 163 Å². The fourth-order valence-corrected chi connectivity index (χ4v) is 3.69. The molecule has 0 saturated carbocycles. The molecule has 0 unspecified atom stereocenters. The molecular formula is C20H15FN2O4S. The third kappa shape index (κ3) is 3.72. The number of carbonyl (C=O) groups is 2. The lowest BCUT2D eigenvalue weighted by Crippen LogP contribution is -2.27. The van der Waals surface area contributed by atoms with Crippen LogP contribution >= 0.6 is 11.8 Å². The van der Waals surface area contributed by atoms with Crippen LogP contribution in [0.2, 0.25) is 0 Å². The van der Waals surface area contributed by atoms with Crippen LogP contribution in [0.15, 0.2) is 63.1 Å². The van der Waals surface area contributed by atoms with E-state index in [1.165, 1.54) is 37.3 Å². The SMILES string of the molecule is CC(=O)c1nn(-c2ccc(F)cc2)c(=O)c(Sc2ccccc2C(=O)O)c1C. The predicted octanol–water partition coefficient (Wildman–Crippen LogP) is 3.73. The molecule has 0 saturated heterocycles. The molecule has 6 nitrogen and oxygen atoms in total. The van der Waals surface area contributed by atoms with Crippen LogP contribution in [-0.2, 0) is 0 Å². The van der Waals surface area contributed by atoms with Gasteiger partial charge in [-0.15, -0.1) is 0 Å². The summed E-state index contributed by atoms with van der Waals surface area (Å²) >= 11 is 0.959. The van der Waals surface area contributed by atoms with Gasteiger partial charge in [-0.25, -0.2) is 9.18 Å². The number of halogens is 1. The molecule has 0 spiro atoms. The standard InChI is InChI=1S/C20H15FN2O4S/c1-11-17(12(2)24)22-23(14-9-7-13(21)8-10-14)19(25)18(11)28-16-6-4-3-5-15(16)20(26)27/h3-10H,1-2H3,(H,26,27). The van der Waals surface area contributed by atoms with Gasteiger partial charge in [0.1, 0.15) is 11.5 Å². The summed E-state index contributed by atoms with van der Waals surface area (Å²) < 4.78 is 14.3. The van der Waals surface area contributed by atoms with Crippen molar-refractivity contribution in [2.24, 2.45) is 0 Å². The minimum atomic E-state index is -1.12. The van der Waals surface area contributed by atoms with Crippen LogP contribution in [0.5, 0.6) is 0 Å². The average molecular weight is 398 g/mol. The van der Waals surface area contributed by atoms with Gasteiger partial charge in [-0.1, -0.05) is 23.9 Å². The van der Waals surface area contributed by atoms with Gasteiger partial charge < -0.3 is 5.11 Å². The Bertz CT molecular complexity index is 1140. The number of hydrogen-bond acceptors (Lipinski definition) is 5. The van der Waals surface area contributed by atoms with E-state index in [1.54, 1.807) is 25.1 Å². The number of rotatable bonds is 5. The fourth-order valence-electron chi connectivity index (χ4n) is 2.64. The van der Waals surface area contributed by atoms with E-state index < -0.39 is 17.3 Å². The van der Waals surface area contributed by atoms with Gasteiger partial charge in [0.15, 0.2) is 5.78 Å². The number of carbonyl (C=O) groups excluding carboxylic acids is 1. The Morgan fingerprint density at radius 2 is 1.75 bits per heavy atom. The second-order valence-electron chi connectivity index (χ2n) is 5.96. The molecule has 8 heteroatoms. The van der Waals surface area contributed by atoms with Gasteiger partial charge in [-0.3, -0.25) is 9.59 Å². The summed E-state index contributed by atoms with van der Waals surface area (Å²) in [6, 6.07) is 11.4. The first-order valence-electron chi connectivity index (χ1n) is 8.20. The molecule has 3 aromatic rings. The highest BCUT2D eigenvalue weighted by Gasteiger charge is 2.21. The zero-order chi connectivity index (χ0) is 20.4. The molecule has 0 atom stereocenters. The molecule has 3 rings (SSSR count). The maximum Gasteiger partial charge on any atom is 0.336 e. The van der Waals surface area contributed by atoms with E-state index in [1.807, 2.05) is 0 Å². The van der Waals surface area contributed by atoms with Gasteiger partial charge in [0.2, 0.25) is 0 Å². The summed E-state index contributed by atoms with van der Waals surface area (Å²) in [6.45, 7) is 2.92. The number of benzene rings is 2. The maximum absolute atomic E-state index is 13.2. The first kappa shape index (κ1) is 19.5. The normalized spacial score (nSPS) is 10.7. The van der Waals surface area contributed by atoms with Gasteiger partial charge in [0.25, 0.3) is 5.56 Å². The highest BCUT2D eigenvalue weighted by atomic mass is 32.2. The van der Waals surface area contributed by atoms with E-state index in [-0.39, 0.29) is 21.9 Å². The predicted molar refractivity (Wildman–Crippen MR) is 102 cm³/mol. The highest BCUT2D eigenvalue weighted by molar-refractivity contribution is 7.99. The van der Waals surface area contributed by atoms with Crippen molar-refractivity contribution in [3.63, 3.8) is 0 Å². The van der Waals surface area contributed by atoms with E-state index in [0.717, 1.165) is 16.4 Å². The molecule has 0 aliphatic rings. The van der Waals surface area contributed by atoms with Crippen LogP contribution in [-0.4, -0.2) is 26.6 Å². The van der Waals surface area contributed by atoms with Crippen molar-refractivity contribution in [1.29, 1.82) is 0 Å². The lowest BCUT2D eigenvalue weighted by atomic mass is 10.2. The van der Waals surface area contributed by atoms with Crippen LogP contribution in [0.3, 0.4) is 0 Å². The quantitative estimate of drug-likeness (QED) is 0.659. The minimum Gasteiger partial charge on any atom is -0.478 e. The van der Waals surface area contributed by atoms with Crippen LogP contribution < -0.4 is 5.56 Å². The van der Waals surface area contributed by atoms with Crippen LogP contribution in [0.4, 0.5) is 4.39 Å². The smallest absolute Gasteiger partial charge is 0.336 e. The number of ketones is 1. The lowest BCUT2D eigenvalue weighted by Gasteiger charge is -2.13. The monoisotopic (exact) mass is 398 g/mol. The molecule has 0 aliphatic carbocycles. The van der Waals surface area contributed by atoms with Crippen molar-refractivity contribution in [2.45, 2.75) is 23.6 Å². The van der Waals surface area contributed by atoms with Crippen molar-refractivity contribution in [3.05, 3.63) is 81.5 Å². The summed E-state index contributed by atoms with van der Waals surface area (Å²) in [7, 11) is 0. The molecule has 1 heterocycles. The number of Topliss-reactive ketones (excluding diaryl/α,β-unsaturated/α-hetero) is 1. The zero-order valence-electron chi connectivity index (χ0n) is 15.0. The van der Waals surface area contributed by atoms with E-state index in [4.69, 9.17) is 0 Å². The van der Waals surface area contributed by atoms with E-state index in [0.29, 0.717) is 16.1 Å². The molecule has 28 heavy (non-hydrogen) atoms. The van der Waals surface area contributed by atoms with Gasteiger partial charge in [0.05, 0.1) is 16.1 Å². The van der Waals surface area contributed by atoms with Crippen molar-refractivity contribution in [2.75, 3.05) is 0 Å². The summed E-state index contributed by atoms with van der Waals surface area (Å²) in [5, 5.41) is 13.5. The van der Waals surface area contributed by atoms with Crippen molar-refractivity contribution in [1.82, 2.24) is 9.78 Å². The van der Waals surface area contributed by atoms with Gasteiger partial charge in [-0.2, -0.15) is 9.78 Å². The highest BCUT2D eigenvalue weighted by Crippen LogP contribution is 2.31. The number of aromatic nitrogens is 2. The molecule has 0 radical (unpaired) electrons. The Morgan fingerprint density at radius 1 is 1.11 bits per heavy atom. The third-order valence-corrected chi connectivity index (χ3v) is 5.28. The fraction of sp³-hybridized carbons (Fsp3) is 0.100. The molecule has 1 aromatic heterocycles. The molecule has 2 aromatic carbocycles. The molecule has 0 amide bonds. The van der Waals surface area contributed by atoms with Crippen molar-refractivity contribution in [3.8, 4) is 5.69 Å². The summed E-state index contributed by atoms with van der Waals surface area (Å²) in [5.74, 6) is -1.94. The first-order chi connectivity index (χ1) is 13.3. The average Bonchev–Trinajstić information content (AvgIpc) is 2.66. The van der Waals surface area contributed by atoms with Gasteiger partial charge in [-0.05, 0) is 48.9 Å². The van der Waals surface area contributed by atoms with Crippen LogP contribution in [0.25, 0.3) is 5.69 Å². The molecule has 0 bridgehead atoms. The maximum atomic E-state index is 13.2. The summed E-state index contributed by atoms with van der Waals surface area (Å²) in [5.41, 5.74) is 0.252. The number of aromatic carboxylic acids is 1.